The van der Waals surface area contributed by atoms with Crippen molar-refractivity contribution >= 4 is 23.4 Å². The van der Waals surface area contributed by atoms with E-state index in [1.165, 1.54) is 7.11 Å². The van der Waals surface area contributed by atoms with Crippen molar-refractivity contribution in [1.29, 1.82) is 0 Å². The Kier molecular flexibility index (Phi) is 7.12. The number of esters is 2. The molecule has 32 heavy (non-hydrogen) atoms. The Morgan fingerprint density at radius 3 is 2.50 bits per heavy atom. The van der Waals surface area contributed by atoms with Gasteiger partial charge in [0, 0.05) is 24.8 Å². The van der Waals surface area contributed by atoms with Gasteiger partial charge in [0.25, 0.3) is 0 Å². The molecule has 1 N–H and O–H groups in total. The van der Waals surface area contributed by atoms with Crippen LogP contribution in [0.5, 0.6) is 0 Å². The molecule has 0 radical (unpaired) electrons. The van der Waals surface area contributed by atoms with Crippen LogP contribution < -0.4 is 4.90 Å². The molecule has 1 atom stereocenters. The van der Waals surface area contributed by atoms with Gasteiger partial charge in [0.1, 0.15) is 11.5 Å². The zero-order chi connectivity index (χ0) is 23.6. The van der Waals surface area contributed by atoms with Crippen molar-refractivity contribution in [3.05, 3.63) is 29.1 Å². The molecule has 8 nitrogen and oxygen atoms in total. The summed E-state index contributed by atoms with van der Waals surface area (Å²) in [5.74, 6) is 0.0707. The van der Waals surface area contributed by atoms with Gasteiger partial charge in [0.05, 0.1) is 13.7 Å². The molecule has 1 aliphatic rings. The lowest BCUT2D eigenvalue weighted by molar-refractivity contribution is -0.150. The smallest absolute Gasteiger partial charge is 0.358 e. The summed E-state index contributed by atoms with van der Waals surface area (Å²) in [5.41, 5.74) is 2.20. The summed E-state index contributed by atoms with van der Waals surface area (Å²) in [4.78, 5) is 31.2. The first kappa shape index (κ1) is 24.0. The Labute approximate surface area is 189 Å². The number of anilines is 1. The van der Waals surface area contributed by atoms with E-state index in [4.69, 9.17) is 9.47 Å². The van der Waals surface area contributed by atoms with Gasteiger partial charge in [0.15, 0.2) is 11.8 Å². The molecule has 1 unspecified atom stereocenters. The van der Waals surface area contributed by atoms with E-state index in [-0.39, 0.29) is 17.7 Å². The fraction of sp³-hybridized carbons (Fsp3) is 0.625. The molecule has 1 saturated heterocycles. The van der Waals surface area contributed by atoms with Gasteiger partial charge in [-0.15, -0.1) is 0 Å². The van der Waals surface area contributed by atoms with Crippen LogP contribution in [-0.4, -0.2) is 53.2 Å². The van der Waals surface area contributed by atoms with E-state index in [1.54, 1.807) is 23.6 Å². The van der Waals surface area contributed by atoms with Crippen molar-refractivity contribution in [2.75, 3.05) is 31.7 Å². The van der Waals surface area contributed by atoms with Gasteiger partial charge in [-0.2, -0.15) is 0 Å². The van der Waals surface area contributed by atoms with Gasteiger partial charge >= 0.3 is 11.9 Å². The molecule has 0 aliphatic carbocycles. The van der Waals surface area contributed by atoms with Crippen LogP contribution in [-0.2, 0) is 14.3 Å². The molecule has 0 bridgehead atoms. The fourth-order valence-corrected chi connectivity index (χ4v) is 4.89. The number of aromatic nitrogens is 2. The number of hydrogen-bond donors (Lipinski definition) is 1. The number of ether oxygens (including phenoxy) is 2. The molecule has 2 aromatic rings. The minimum absolute atomic E-state index is 0.193. The molecule has 1 fully saturated rings. The third-order valence-corrected chi connectivity index (χ3v) is 6.33. The molecule has 0 amide bonds. The summed E-state index contributed by atoms with van der Waals surface area (Å²) in [6.07, 6.45) is 3.33. The van der Waals surface area contributed by atoms with Crippen molar-refractivity contribution in [3.63, 3.8) is 0 Å². The molecular formula is C24H35N3O5. The largest absolute Gasteiger partial charge is 0.467 e. The molecule has 176 valence electrons. The van der Waals surface area contributed by atoms with Crippen LogP contribution in [0.2, 0.25) is 0 Å². The van der Waals surface area contributed by atoms with E-state index in [2.05, 4.69) is 30.7 Å². The Morgan fingerprint density at radius 2 is 1.94 bits per heavy atom. The normalized spacial score (nSPS) is 16.9. The maximum atomic E-state index is 12.3. The highest BCUT2D eigenvalue weighted by Gasteiger charge is 2.35. The van der Waals surface area contributed by atoms with Crippen LogP contribution in [0.25, 0.3) is 5.65 Å². The van der Waals surface area contributed by atoms with Gasteiger partial charge in [-0.05, 0) is 56.1 Å². The number of pyridine rings is 1. The number of aliphatic hydroxyl groups is 1. The molecule has 2 aromatic heterocycles. The fourth-order valence-electron chi connectivity index (χ4n) is 4.89. The van der Waals surface area contributed by atoms with Gasteiger partial charge < -0.3 is 19.5 Å². The number of fused-ring (bicyclic) bond motifs is 1. The topological polar surface area (TPSA) is 93.4 Å². The highest BCUT2D eigenvalue weighted by molar-refractivity contribution is 5.88. The summed E-state index contributed by atoms with van der Waals surface area (Å²) in [7, 11) is 1.26. The Balaban J connectivity index is 2.10. The second-order valence-electron chi connectivity index (χ2n) is 9.46. The number of rotatable bonds is 7. The number of methoxy groups -OCH3 is 1. The highest BCUT2D eigenvalue weighted by atomic mass is 16.5. The molecule has 3 heterocycles. The molecule has 0 spiro atoms. The van der Waals surface area contributed by atoms with E-state index in [1.807, 2.05) is 6.92 Å². The first-order valence-corrected chi connectivity index (χ1v) is 11.3. The predicted octanol–water partition coefficient (Wildman–Crippen LogP) is 3.68. The SMILES string of the molecule is CCOC(=O)c1cn2c(N3CCC(C)(CC(C)C)CC3)c(C(O)C(=O)OC)c(C)cc2n1. The average molecular weight is 446 g/mol. The molecule has 3 rings (SSSR count). The quantitative estimate of drug-likeness (QED) is 0.650. The highest BCUT2D eigenvalue weighted by Crippen LogP contribution is 2.40. The number of carbonyl (C=O) groups is 2. The van der Waals surface area contributed by atoms with Crippen LogP contribution in [0.4, 0.5) is 5.82 Å². The van der Waals surface area contributed by atoms with E-state index in [9.17, 15) is 14.7 Å². The lowest BCUT2D eigenvalue weighted by atomic mass is 9.74. The third kappa shape index (κ3) is 4.75. The summed E-state index contributed by atoms with van der Waals surface area (Å²) in [6, 6.07) is 1.76. The summed E-state index contributed by atoms with van der Waals surface area (Å²) in [6.45, 7) is 12.2. The Bertz CT molecular complexity index is 989. The minimum Gasteiger partial charge on any atom is -0.467 e. The molecule has 8 heteroatoms. The van der Waals surface area contributed by atoms with Crippen LogP contribution in [0.1, 0.15) is 74.7 Å². The first-order chi connectivity index (χ1) is 15.1. The number of carbonyl (C=O) groups excluding carboxylic acids is 2. The van der Waals surface area contributed by atoms with E-state index in [0.717, 1.165) is 32.4 Å². The number of hydrogen-bond acceptors (Lipinski definition) is 7. The van der Waals surface area contributed by atoms with Gasteiger partial charge in [-0.1, -0.05) is 20.8 Å². The summed E-state index contributed by atoms with van der Waals surface area (Å²) in [5, 5.41) is 10.8. The monoisotopic (exact) mass is 445 g/mol. The zero-order valence-electron chi connectivity index (χ0n) is 20.0. The van der Waals surface area contributed by atoms with Gasteiger partial charge in [0.2, 0.25) is 0 Å². The first-order valence-electron chi connectivity index (χ1n) is 11.3. The molecule has 0 aromatic carbocycles. The number of imidazole rings is 1. The maximum absolute atomic E-state index is 12.3. The predicted molar refractivity (Wildman–Crippen MR) is 122 cm³/mol. The van der Waals surface area contributed by atoms with E-state index < -0.39 is 18.0 Å². The van der Waals surface area contributed by atoms with E-state index in [0.29, 0.717) is 28.5 Å². The van der Waals surface area contributed by atoms with Crippen LogP contribution in [0.15, 0.2) is 12.3 Å². The third-order valence-electron chi connectivity index (χ3n) is 6.33. The van der Waals surface area contributed by atoms with Crippen molar-refractivity contribution in [2.45, 2.75) is 60.0 Å². The Hall–Kier alpha value is -2.61. The van der Waals surface area contributed by atoms with Crippen LogP contribution >= 0.6 is 0 Å². The van der Waals surface area contributed by atoms with Crippen molar-refractivity contribution < 1.29 is 24.2 Å². The van der Waals surface area contributed by atoms with Gasteiger partial charge in [-0.25, -0.2) is 14.6 Å². The Morgan fingerprint density at radius 1 is 1.28 bits per heavy atom. The number of nitrogens with zero attached hydrogens (tertiary/aromatic N) is 3. The van der Waals surface area contributed by atoms with Crippen molar-refractivity contribution in [1.82, 2.24) is 9.38 Å². The summed E-state index contributed by atoms with van der Waals surface area (Å²) >= 11 is 0. The second kappa shape index (κ2) is 9.48. The van der Waals surface area contributed by atoms with Crippen molar-refractivity contribution in [2.24, 2.45) is 11.3 Å². The molecule has 1 aliphatic heterocycles. The standard InChI is InChI=1S/C24H35N3O5/c1-7-32-22(29)17-14-27-18(25-17)12-16(4)19(20(28)23(30)31-6)21(27)26-10-8-24(5,9-11-26)13-15(2)3/h12,14-15,20,28H,7-11,13H2,1-6H3. The zero-order valence-corrected chi connectivity index (χ0v) is 20.0. The van der Waals surface area contributed by atoms with Gasteiger partial charge in [-0.3, -0.25) is 4.40 Å². The average Bonchev–Trinajstić information content (AvgIpc) is 3.15. The number of piperidine rings is 1. The minimum atomic E-state index is -1.43. The van der Waals surface area contributed by atoms with Crippen molar-refractivity contribution in [3.8, 4) is 0 Å². The molecule has 0 saturated carbocycles. The second-order valence-corrected chi connectivity index (χ2v) is 9.46. The maximum Gasteiger partial charge on any atom is 0.358 e. The lowest BCUT2D eigenvalue weighted by Gasteiger charge is -2.42. The van der Waals surface area contributed by atoms with Crippen LogP contribution in [0, 0.1) is 18.3 Å². The lowest BCUT2D eigenvalue weighted by Crippen LogP contribution is -2.41. The number of aliphatic hydroxyl groups excluding tert-OH is 1. The number of aryl methyl sites for hydroxylation is 1. The molecular weight excluding hydrogens is 410 g/mol. The summed E-state index contributed by atoms with van der Waals surface area (Å²) < 4.78 is 11.7. The van der Waals surface area contributed by atoms with Crippen LogP contribution in [0.3, 0.4) is 0 Å². The van der Waals surface area contributed by atoms with E-state index >= 15 is 0 Å².